The molecule has 0 heterocycles. The van der Waals surface area contributed by atoms with Gasteiger partial charge in [0.05, 0.1) is 11.9 Å². The van der Waals surface area contributed by atoms with E-state index in [4.69, 9.17) is 0 Å². The fourth-order valence-electron chi connectivity index (χ4n) is 2.25. The molecule has 5 heteroatoms. The van der Waals surface area contributed by atoms with Crippen molar-refractivity contribution in [2.75, 3.05) is 30.0 Å². The van der Waals surface area contributed by atoms with E-state index in [1.807, 2.05) is 44.2 Å². The second-order valence-corrected chi connectivity index (χ2v) is 7.69. The Labute approximate surface area is 122 Å². The summed E-state index contributed by atoms with van der Waals surface area (Å²) < 4.78 is 22.7. The minimum atomic E-state index is -2.97. The van der Waals surface area contributed by atoms with Crippen LogP contribution in [0, 0.1) is 5.92 Å². The third-order valence-electron chi connectivity index (χ3n) is 3.14. The Morgan fingerprint density at radius 1 is 1.20 bits per heavy atom. The molecule has 1 rings (SSSR count). The summed E-state index contributed by atoms with van der Waals surface area (Å²) in [5.74, 6) is 0.188. The summed E-state index contributed by atoms with van der Waals surface area (Å²) in [6, 6.07) is 9.80. The SMILES string of the molecule is CCC(O)CN(CC(C)CS(C)(=O)=O)c1ccccc1. The minimum absolute atomic E-state index is 0.0225. The first-order chi connectivity index (χ1) is 9.31. The van der Waals surface area contributed by atoms with Gasteiger partial charge in [0, 0.05) is 25.0 Å². The molecule has 2 atom stereocenters. The number of anilines is 1. The first-order valence-electron chi connectivity index (χ1n) is 6.97. The molecule has 0 bridgehead atoms. The van der Waals surface area contributed by atoms with Crippen LogP contribution in [0.15, 0.2) is 30.3 Å². The van der Waals surface area contributed by atoms with Gasteiger partial charge in [-0.15, -0.1) is 0 Å². The van der Waals surface area contributed by atoms with Crippen LogP contribution in [0.1, 0.15) is 20.3 Å². The lowest BCUT2D eigenvalue weighted by Crippen LogP contribution is -2.37. The van der Waals surface area contributed by atoms with Gasteiger partial charge in [-0.2, -0.15) is 0 Å². The van der Waals surface area contributed by atoms with Gasteiger partial charge in [-0.25, -0.2) is 8.42 Å². The Balaban J connectivity index is 2.78. The number of benzene rings is 1. The molecule has 0 radical (unpaired) electrons. The summed E-state index contributed by atoms with van der Waals surface area (Å²) in [4.78, 5) is 2.06. The molecule has 4 nitrogen and oxygen atoms in total. The molecule has 1 aromatic carbocycles. The van der Waals surface area contributed by atoms with Crippen molar-refractivity contribution >= 4 is 15.5 Å². The Kier molecular flexibility index (Phi) is 6.49. The van der Waals surface area contributed by atoms with Crippen LogP contribution in [-0.4, -0.2) is 44.7 Å². The van der Waals surface area contributed by atoms with E-state index >= 15 is 0 Å². The van der Waals surface area contributed by atoms with Crippen molar-refractivity contribution in [3.05, 3.63) is 30.3 Å². The quantitative estimate of drug-likeness (QED) is 0.797. The topological polar surface area (TPSA) is 57.6 Å². The highest BCUT2D eigenvalue weighted by molar-refractivity contribution is 7.90. The highest BCUT2D eigenvalue weighted by atomic mass is 32.2. The van der Waals surface area contributed by atoms with E-state index in [2.05, 4.69) is 4.90 Å². The Hall–Kier alpha value is -1.07. The number of aliphatic hydroxyl groups is 1. The van der Waals surface area contributed by atoms with E-state index < -0.39 is 15.9 Å². The average Bonchev–Trinajstić information content (AvgIpc) is 2.36. The maximum Gasteiger partial charge on any atom is 0.147 e. The van der Waals surface area contributed by atoms with E-state index in [1.54, 1.807) is 0 Å². The van der Waals surface area contributed by atoms with Gasteiger partial charge in [0.2, 0.25) is 0 Å². The molecule has 114 valence electrons. The third-order valence-corrected chi connectivity index (χ3v) is 4.32. The van der Waals surface area contributed by atoms with Crippen LogP contribution in [0.25, 0.3) is 0 Å². The summed E-state index contributed by atoms with van der Waals surface area (Å²) in [5, 5.41) is 9.88. The zero-order valence-electron chi connectivity index (χ0n) is 12.5. The highest BCUT2D eigenvalue weighted by Gasteiger charge is 2.17. The van der Waals surface area contributed by atoms with Crippen molar-refractivity contribution in [2.24, 2.45) is 5.92 Å². The molecule has 1 N–H and O–H groups in total. The number of hydrogen-bond acceptors (Lipinski definition) is 4. The van der Waals surface area contributed by atoms with Crippen LogP contribution >= 0.6 is 0 Å². The maximum absolute atomic E-state index is 11.4. The smallest absolute Gasteiger partial charge is 0.147 e. The van der Waals surface area contributed by atoms with Crippen molar-refractivity contribution in [1.29, 1.82) is 0 Å². The predicted octanol–water partition coefficient (Wildman–Crippen LogP) is 1.94. The molecule has 2 unspecified atom stereocenters. The van der Waals surface area contributed by atoms with Gasteiger partial charge in [-0.05, 0) is 24.5 Å². The van der Waals surface area contributed by atoms with Crippen molar-refractivity contribution in [3.63, 3.8) is 0 Å². The molecule has 0 amide bonds. The van der Waals surface area contributed by atoms with E-state index in [1.165, 1.54) is 6.26 Å². The molecule has 0 saturated heterocycles. The van der Waals surface area contributed by atoms with Gasteiger partial charge in [-0.3, -0.25) is 0 Å². The van der Waals surface area contributed by atoms with E-state index in [0.29, 0.717) is 19.5 Å². The Morgan fingerprint density at radius 3 is 2.30 bits per heavy atom. The van der Waals surface area contributed by atoms with Gasteiger partial charge in [0.15, 0.2) is 0 Å². The molecule has 0 aliphatic carbocycles. The number of para-hydroxylation sites is 1. The van der Waals surface area contributed by atoms with Gasteiger partial charge in [0.1, 0.15) is 9.84 Å². The van der Waals surface area contributed by atoms with Crippen LogP contribution in [0.3, 0.4) is 0 Å². The molecule has 0 saturated carbocycles. The summed E-state index contributed by atoms with van der Waals surface area (Å²) in [5.41, 5.74) is 1.01. The standard InChI is InChI=1S/C15H25NO3S/c1-4-15(17)11-16(14-8-6-5-7-9-14)10-13(2)12-20(3,18)19/h5-9,13,15,17H,4,10-12H2,1-3H3. The number of hydrogen-bond donors (Lipinski definition) is 1. The molecular formula is C15H25NO3S. The second kappa shape index (κ2) is 7.64. The number of sulfone groups is 1. The Bertz CT molecular complexity index is 487. The minimum Gasteiger partial charge on any atom is -0.391 e. The monoisotopic (exact) mass is 299 g/mol. The molecule has 20 heavy (non-hydrogen) atoms. The zero-order valence-corrected chi connectivity index (χ0v) is 13.3. The fraction of sp³-hybridized carbons (Fsp3) is 0.600. The molecule has 0 fully saturated rings. The van der Waals surface area contributed by atoms with Crippen LogP contribution in [-0.2, 0) is 9.84 Å². The molecule has 0 aliphatic heterocycles. The summed E-state index contributed by atoms with van der Waals surface area (Å²) >= 11 is 0. The molecule has 0 aromatic heterocycles. The normalized spacial score (nSPS) is 14.8. The van der Waals surface area contributed by atoms with Crippen LogP contribution in [0.2, 0.25) is 0 Å². The van der Waals surface area contributed by atoms with Crippen LogP contribution in [0.5, 0.6) is 0 Å². The largest absolute Gasteiger partial charge is 0.391 e. The van der Waals surface area contributed by atoms with E-state index in [9.17, 15) is 13.5 Å². The van der Waals surface area contributed by atoms with E-state index in [0.717, 1.165) is 5.69 Å². The van der Waals surface area contributed by atoms with Crippen molar-refractivity contribution in [3.8, 4) is 0 Å². The molecule has 0 aliphatic rings. The fourth-order valence-corrected chi connectivity index (χ4v) is 3.39. The number of rotatable bonds is 8. The van der Waals surface area contributed by atoms with Crippen molar-refractivity contribution < 1.29 is 13.5 Å². The maximum atomic E-state index is 11.4. The molecular weight excluding hydrogens is 274 g/mol. The average molecular weight is 299 g/mol. The molecule has 0 spiro atoms. The third kappa shape index (κ3) is 6.39. The summed E-state index contributed by atoms with van der Waals surface area (Å²) in [7, 11) is -2.97. The zero-order chi connectivity index (χ0) is 15.2. The van der Waals surface area contributed by atoms with Crippen LogP contribution < -0.4 is 4.90 Å². The summed E-state index contributed by atoms with van der Waals surface area (Å²) in [6.07, 6.45) is 1.54. The molecule has 1 aromatic rings. The van der Waals surface area contributed by atoms with Gasteiger partial charge < -0.3 is 10.0 Å². The number of nitrogens with zero attached hydrogens (tertiary/aromatic N) is 1. The van der Waals surface area contributed by atoms with Gasteiger partial charge in [0.25, 0.3) is 0 Å². The van der Waals surface area contributed by atoms with Crippen molar-refractivity contribution in [2.45, 2.75) is 26.4 Å². The van der Waals surface area contributed by atoms with Gasteiger partial charge >= 0.3 is 0 Å². The summed E-state index contributed by atoms with van der Waals surface area (Å²) in [6.45, 7) is 5.01. The first-order valence-corrected chi connectivity index (χ1v) is 9.03. The first kappa shape index (κ1) is 17.0. The van der Waals surface area contributed by atoms with E-state index in [-0.39, 0.29) is 11.7 Å². The van der Waals surface area contributed by atoms with Gasteiger partial charge in [-0.1, -0.05) is 32.0 Å². The lowest BCUT2D eigenvalue weighted by atomic mass is 10.1. The lowest BCUT2D eigenvalue weighted by molar-refractivity contribution is 0.175. The van der Waals surface area contributed by atoms with Crippen molar-refractivity contribution in [1.82, 2.24) is 0 Å². The lowest BCUT2D eigenvalue weighted by Gasteiger charge is -2.29. The Morgan fingerprint density at radius 2 is 1.80 bits per heavy atom. The highest BCUT2D eigenvalue weighted by Crippen LogP contribution is 2.17. The predicted molar refractivity (Wildman–Crippen MR) is 83.8 cm³/mol. The number of aliphatic hydroxyl groups excluding tert-OH is 1. The second-order valence-electron chi connectivity index (χ2n) is 5.50. The van der Waals surface area contributed by atoms with Crippen LogP contribution in [0.4, 0.5) is 5.69 Å².